The van der Waals surface area contributed by atoms with Crippen LogP contribution >= 0.6 is 0 Å². The second-order valence-electron chi connectivity index (χ2n) is 6.88. The van der Waals surface area contributed by atoms with E-state index in [4.69, 9.17) is 4.74 Å². The Morgan fingerprint density at radius 3 is 2.60 bits per heavy atom. The van der Waals surface area contributed by atoms with Crippen molar-refractivity contribution in [2.75, 3.05) is 13.1 Å². The van der Waals surface area contributed by atoms with Gasteiger partial charge in [0.2, 0.25) is 0 Å². The number of ether oxygens (including phenoxy) is 1. The minimum Gasteiger partial charge on any atom is -0.505 e. The van der Waals surface area contributed by atoms with Crippen molar-refractivity contribution >= 4 is 18.0 Å². The topological polar surface area (TPSA) is 129 Å². The number of nitrogens with zero attached hydrogens (tertiary/aromatic N) is 2. The number of rotatable bonds is 3. The molecule has 9 heteroatoms. The van der Waals surface area contributed by atoms with Gasteiger partial charge in [-0.2, -0.15) is 0 Å². The number of amides is 2. The van der Waals surface area contributed by atoms with Crippen molar-refractivity contribution in [3.05, 3.63) is 24.0 Å². The molecule has 2 rings (SSSR count). The SMILES string of the molecule is CC(C)(C)OC(=O)NC1(C(=O)O)CCN(C(=O)c2ccncc2O)C1. The molecular formula is C16H21N3O6. The van der Waals surface area contributed by atoms with Crippen molar-refractivity contribution in [2.24, 2.45) is 0 Å². The Morgan fingerprint density at radius 2 is 2.04 bits per heavy atom. The van der Waals surface area contributed by atoms with Gasteiger partial charge in [0.05, 0.1) is 18.3 Å². The van der Waals surface area contributed by atoms with Crippen LogP contribution in [-0.2, 0) is 9.53 Å². The van der Waals surface area contributed by atoms with Gasteiger partial charge in [0.15, 0.2) is 5.54 Å². The molecule has 3 N–H and O–H groups in total. The fourth-order valence-corrected chi connectivity index (χ4v) is 2.55. The van der Waals surface area contributed by atoms with Crippen LogP contribution in [0.2, 0.25) is 0 Å². The van der Waals surface area contributed by atoms with Crippen LogP contribution in [0, 0.1) is 0 Å². The smallest absolute Gasteiger partial charge is 0.408 e. The Hall–Kier alpha value is -2.84. The number of carbonyl (C=O) groups excluding carboxylic acids is 2. The molecule has 9 nitrogen and oxygen atoms in total. The lowest BCUT2D eigenvalue weighted by atomic mass is 9.99. The number of aliphatic carboxylic acids is 1. The third-order valence-electron chi connectivity index (χ3n) is 3.74. The molecule has 0 spiro atoms. The third kappa shape index (κ3) is 4.17. The maximum atomic E-state index is 12.5. The molecule has 1 unspecified atom stereocenters. The van der Waals surface area contributed by atoms with Crippen LogP contribution in [0.1, 0.15) is 37.6 Å². The summed E-state index contributed by atoms with van der Waals surface area (Å²) in [6, 6.07) is 1.35. The lowest BCUT2D eigenvalue weighted by Gasteiger charge is -2.28. The summed E-state index contributed by atoms with van der Waals surface area (Å²) in [5, 5.41) is 21.7. The normalized spacial score (nSPS) is 20.2. The molecule has 2 heterocycles. The molecule has 0 bridgehead atoms. The van der Waals surface area contributed by atoms with Crippen molar-refractivity contribution in [2.45, 2.75) is 38.3 Å². The summed E-state index contributed by atoms with van der Waals surface area (Å²) in [7, 11) is 0. The van der Waals surface area contributed by atoms with Crippen LogP contribution in [-0.4, -0.2) is 62.3 Å². The van der Waals surface area contributed by atoms with E-state index in [1.807, 2.05) is 0 Å². The van der Waals surface area contributed by atoms with Gasteiger partial charge < -0.3 is 25.2 Å². The predicted octanol–water partition coefficient (Wildman–Crippen LogP) is 0.981. The molecule has 25 heavy (non-hydrogen) atoms. The van der Waals surface area contributed by atoms with Crippen molar-refractivity contribution in [3.8, 4) is 5.75 Å². The number of carboxylic acid groups (broad SMARTS) is 1. The van der Waals surface area contributed by atoms with Gasteiger partial charge in [0.1, 0.15) is 11.4 Å². The second-order valence-corrected chi connectivity index (χ2v) is 6.88. The number of carboxylic acids is 1. The zero-order valence-corrected chi connectivity index (χ0v) is 14.3. The Bertz CT molecular complexity index is 699. The minimum atomic E-state index is -1.64. The number of aromatic hydroxyl groups is 1. The molecule has 2 amide bonds. The molecule has 1 aromatic heterocycles. The predicted molar refractivity (Wildman–Crippen MR) is 86.2 cm³/mol. The molecule has 0 saturated carbocycles. The van der Waals surface area contributed by atoms with E-state index in [1.165, 1.54) is 17.2 Å². The zero-order chi connectivity index (χ0) is 18.8. The highest BCUT2D eigenvalue weighted by atomic mass is 16.6. The molecule has 1 saturated heterocycles. The lowest BCUT2D eigenvalue weighted by Crippen LogP contribution is -2.57. The van der Waals surface area contributed by atoms with Gasteiger partial charge in [-0.25, -0.2) is 9.59 Å². The van der Waals surface area contributed by atoms with E-state index >= 15 is 0 Å². The maximum Gasteiger partial charge on any atom is 0.408 e. The Kier molecular flexibility index (Phi) is 4.87. The molecule has 1 aromatic rings. The van der Waals surface area contributed by atoms with Crippen LogP contribution in [0.15, 0.2) is 18.5 Å². The van der Waals surface area contributed by atoms with Gasteiger partial charge in [-0.05, 0) is 26.8 Å². The first kappa shape index (κ1) is 18.5. The van der Waals surface area contributed by atoms with Crippen LogP contribution < -0.4 is 5.32 Å². The first-order valence-corrected chi connectivity index (χ1v) is 7.71. The van der Waals surface area contributed by atoms with Crippen molar-refractivity contribution in [1.29, 1.82) is 0 Å². The van der Waals surface area contributed by atoms with E-state index in [9.17, 15) is 24.6 Å². The number of pyridine rings is 1. The largest absolute Gasteiger partial charge is 0.505 e. The minimum absolute atomic E-state index is 0.0217. The third-order valence-corrected chi connectivity index (χ3v) is 3.74. The van der Waals surface area contributed by atoms with Gasteiger partial charge in [-0.3, -0.25) is 9.78 Å². The molecule has 1 aliphatic rings. The highest BCUT2D eigenvalue weighted by molar-refractivity contribution is 5.98. The monoisotopic (exact) mass is 351 g/mol. The molecule has 1 aliphatic heterocycles. The van der Waals surface area contributed by atoms with Gasteiger partial charge in [0, 0.05) is 19.2 Å². The quantitative estimate of drug-likeness (QED) is 0.740. The fraction of sp³-hybridized carbons (Fsp3) is 0.500. The first-order chi connectivity index (χ1) is 11.5. The summed E-state index contributed by atoms with van der Waals surface area (Å²) in [4.78, 5) is 41.2. The lowest BCUT2D eigenvalue weighted by molar-refractivity contribution is -0.144. The molecule has 0 radical (unpaired) electrons. The number of likely N-dealkylation sites (tertiary alicyclic amines) is 1. The van der Waals surface area contributed by atoms with Crippen LogP contribution in [0.4, 0.5) is 4.79 Å². The van der Waals surface area contributed by atoms with Crippen molar-refractivity contribution < 1.29 is 29.3 Å². The highest BCUT2D eigenvalue weighted by Crippen LogP contribution is 2.26. The van der Waals surface area contributed by atoms with E-state index in [-0.39, 0.29) is 30.8 Å². The average molecular weight is 351 g/mol. The molecule has 1 fully saturated rings. The van der Waals surface area contributed by atoms with Gasteiger partial charge in [-0.1, -0.05) is 0 Å². The Balaban J connectivity index is 2.15. The number of alkyl carbamates (subject to hydrolysis) is 1. The zero-order valence-electron chi connectivity index (χ0n) is 14.3. The average Bonchev–Trinajstić information content (AvgIpc) is 2.90. The molecule has 136 valence electrons. The summed E-state index contributed by atoms with van der Waals surface area (Å²) in [6.07, 6.45) is 1.65. The van der Waals surface area contributed by atoms with Crippen molar-refractivity contribution in [3.63, 3.8) is 0 Å². The van der Waals surface area contributed by atoms with E-state index in [1.54, 1.807) is 20.8 Å². The van der Waals surface area contributed by atoms with Gasteiger partial charge >= 0.3 is 12.1 Å². The number of hydrogen-bond donors (Lipinski definition) is 3. The maximum absolute atomic E-state index is 12.5. The van der Waals surface area contributed by atoms with E-state index in [0.717, 1.165) is 6.20 Å². The number of hydrogen-bond acceptors (Lipinski definition) is 6. The first-order valence-electron chi connectivity index (χ1n) is 7.71. The van der Waals surface area contributed by atoms with E-state index in [2.05, 4.69) is 10.3 Å². The molecule has 1 atom stereocenters. The molecule has 0 aromatic carbocycles. The van der Waals surface area contributed by atoms with E-state index in [0.29, 0.717) is 0 Å². The number of nitrogens with one attached hydrogen (secondary N) is 1. The summed E-state index contributed by atoms with van der Waals surface area (Å²) in [5.41, 5.74) is -2.39. The van der Waals surface area contributed by atoms with Crippen LogP contribution in [0.25, 0.3) is 0 Å². The van der Waals surface area contributed by atoms with E-state index < -0.39 is 29.1 Å². The fourth-order valence-electron chi connectivity index (χ4n) is 2.55. The summed E-state index contributed by atoms with van der Waals surface area (Å²) >= 11 is 0. The Labute approximate surface area is 144 Å². The van der Waals surface area contributed by atoms with Crippen LogP contribution in [0.5, 0.6) is 5.75 Å². The standard InChI is InChI=1S/C16H21N3O6/c1-15(2,3)25-14(24)18-16(13(22)23)5-7-19(9-16)12(21)10-4-6-17-8-11(10)20/h4,6,8,20H,5,7,9H2,1-3H3,(H,18,24)(H,22,23). The molecule has 0 aliphatic carbocycles. The summed E-state index contributed by atoms with van der Waals surface area (Å²) in [5.74, 6) is -2.08. The second kappa shape index (κ2) is 6.58. The number of aromatic nitrogens is 1. The van der Waals surface area contributed by atoms with Crippen molar-refractivity contribution in [1.82, 2.24) is 15.2 Å². The van der Waals surface area contributed by atoms with Gasteiger partial charge in [0.25, 0.3) is 5.91 Å². The summed E-state index contributed by atoms with van der Waals surface area (Å²) < 4.78 is 5.11. The highest BCUT2D eigenvalue weighted by Gasteiger charge is 2.48. The summed E-state index contributed by atoms with van der Waals surface area (Å²) in [6.45, 7) is 4.87. The number of carbonyl (C=O) groups is 3. The Morgan fingerprint density at radius 1 is 1.36 bits per heavy atom. The van der Waals surface area contributed by atoms with Crippen LogP contribution in [0.3, 0.4) is 0 Å². The molecular weight excluding hydrogens is 330 g/mol. The van der Waals surface area contributed by atoms with Gasteiger partial charge in [-0.15, -0.1) is 0 Å².